The number of aryl methyl sites for hydroxylation is 1. The molecular formula is C11H15BrN2O. The van der Waals surface area contributed by atoms with Gasteiger partial charge in [0.15, 0.2) is 0 Å². The van der Waals surface area contributed by atoms with Crippen LogP contribution in [0.2, 0.25) is 0 Å². The maximum atomic E-state index is 12.1. The van der Waals surface area contributed by atoms with E-state index in [9.17, 15) is 4.79 Å². The number of likely N-dealkylation sites (tertiary alicyclic amines) is 1. The quantitative estimate of drug-likeness (QED) is 0.811. The Morgan fingerprint density at radius 3 is 2.73 bits per heavy atom. The van der Waals surface area contributed by atoms with Crippen molar-refractivity contribution in [1.82, 2.24) is 9.47 Å². The van der Waals surface area contributed by atoms with Crippen molar-refractivity contribution in [1.29, 1.82) is 0 Å². The van der Waals surface area contributed by atoms with Crippen LogP contribution in [0.15, 0.2) is 16.7 Å². The summed E-state index contributed by atoms with van der Waals surface area (Å²) < 4.78 is 2.97. The third-order valence-electron chi connectivity index (χ3n) is 2.82. The molecule has 1 aromatic heterocycles. The molecule has 2 rings (SSSR count). The van der Waals surface area contributed by atoms with Gasteiger partial charge in [0, 0.05) is 30.3 Å². The van der Waals surface area contributed by atoms with Crippen LogP contribution in [-0.4, -0.2) is 28.5 Å². The summed E-state index contributed by atoms with van der Waals surface area (Å²) in [5.41, 5.74) is 0.797. The maximum Gasteiger partial charge on any atom is 0.270 e. The van der Waals surface area contributed by atoms with Gasteiger partial charge in [-0.15, -0.1) is 0 Å². The SMILES string of the molecule is CCn1cc(Br)cc1C(=O)N1CCCC1. The van der Waals surface area contributed by atoms with E-state index in [1.54, 1.807) is 0 Å². The minimum absolute atomic E-state index is 0.167. The molecule has 0 radical (unpaired) electrons. The van der Waals surface area contributed by atoms with Crippen LogP contribution in [0.1, 0.15) is 30.3 Å². The highest BCUT2D eigenvalue weighted by Crippen LogP contribution is 2.18. The molecule has 0 aliphatic carbocycles. The predicted octanol–water partition coefficient (Wildman–Crippen LogP) is 2.51. The van der Waals surface area contributed by atoms with Crippen molar-refractivity contribution in [3.8, 4) is 0 Å². The van der Waals surface area contributed by atoms with Gasteiger partial charge in [0.1, 0.15) is 5.69 Å². The second-order valence-electron chi connectivity index (χ2n) is 3.83. The number of carbonyl (C=O) groups is 1. The lowest BCUT2D eigenvalue weighted by Crippen LogP contribution is -2.29. The lowest BCUT2D eigenvalue weighted by Gasteiger charge is -2.16. The molecule has 0 unspecified atom stereocenters. The summed E-state index contributed by atoms with van der Waals surface area (Å²) in [7, 11) is 0. The highest BCUT2D eigenvalue weighted by molar-refractivity contribution is 9.10. The molecule has 2 heterocycles. The predicted molar refractivity (Wildman–Crippen MR) is 62.9 cm³/mol. The first kappa shape index (κ1) is 10.7. The molecule has 0 N–H and O–H groups in total. The van der Waals surface area contributed by atoms with Gasteiger partial charge < -0.3 is 9.47 Å². The van der Waals surface area contributed by atoms with E-state index in [0.29, 0.717) is 0 Å². The zero-order valence-electron chi connectivity index (χ0n) is 8.87. The van der Waals surface area contributed by atoms with Crippen LogP contribution < -0.4 is 0 Å². The van der Waals surface area contributed by atoms with Crippen LogP contribution in [0.3, 0.4) is 0 Å². The second kappa shape index (κ2) is 4.39. The molecular weight excluding hydrogens is 256 g/mol. The summed E-state index contributed by atoms with van der Waals surface area (Å²) in [5.74, 6) is 0.167. The Morgan fingerprint density at radius 1 is 1.47 bits per heavy atom. The molecule has 1 saturated heterocycles. The van der Waals surface area contributed by atoms with Crippen molar-refractivity contribution < 1.29 is 4.79 Å². The van der Waals surface area contributed by atoms with Crippen molar-refractivity contribution in [3.05, 3.63) is 22.4 Å². The molecule has 15 heavy (non-hydrogen) atoms. The summed E-state index contributed by atoms with van der Waals surface area (Å²) in [6.07, 6.45) is 4.24. The highest BCUT2D eigenvalue weighted by atomic mass is 79.9. The monoisotopic (exact) mass is 270 g/mol. The molecule has 3 nitrogen and oxygen atoms in total. The van der Waals surface area contributed by atoms with Crippen LogP contribution in [0, 0.1) is 0 Å². The Morgan fingerprint density at radius 2 is 2.13 bits per heavy atom. The van der Waals surface area contributed by atoms with Gasteiger partial charge in [-0.2, -0.15) is 0 Å². The summed E-state index contributed by atoms with van der Waals surface area (Å²) in [6, 6.07) is 1.91. The van der Waals surface area contributed by atoms with Gasteiger partial charge in [0.05, 0.1) is 0 Å². The Kier molecular flexibility index (Phi) is 3.14. The molecule has 1 aliphatic rings. The molecule has 1 aliphatic heterocycles. The molecule has 1 fully saturated rings. The van der Waals surface area contributed by atoms with Gasteiger partial charge in [-0.25, -0.2) is 0 Å². The lowest BCUT2D eigenvalue weighted by atomic mass is 10.3. The number of amides is 1. The van der Waals surface area contributed by atoms with Crippen molar-refractivity contribution >= 4 is 21.8 Å². The first-order chi connectivity index (χ1) is 7.22. The van der Waals surface area contributed by atoms with Gasteiger partial charge >= 0.3 is 0 Å². The van der Waals surface area contributed by atoms with Crippen LogP contribution in [0.25, 0.3) is 0 Å². The number of nitrogens with zero attached hydrogens (tertiary/aromatic N) is 2. The number of hydrogen-bond donors (Lipinski definition) is 0. The fourth-order valence-electron chi connectivity index (χ4n) is 2.00. The summed E-state index contributed by atoms with van der Waals surface area (Å²) >= 11 is 3.41. The third-order valence-corrected chi connectivity index (χ3v) is 3.25. The van der Waals surface area contributed by atoms with E-state index in [4.69, 9.17) is 0 Å². The van der Waals surface area contributed by atoms with Crippen LogP contribution in [0.4, 0.5) is 0 Å². The van der Waals surface area contributed by atoms with E-state index in [1.807, 2.05) is 28.7 Å². The standard InChI is InChI=1S/C11H15BrN2O/c1-2-13-8-9(12)7-10(13)11(15)14-5-3-4-6-14/h7-8H,2-6H2,1H3. The fraction of sp³-hybridized carbons (Fsp3) is 0.545. The van der Waals surface area contributed by atoms with Crippen LogP contribution >= 0.6 is 15.9 Å². The molecule has 0 aromatic carbocycles. The van der Waals surface area contributed by atoms with Gasteiger partial charge in [0.2, 0.25) is 0 Å². The molecule has 0 atom stereocenters. The Bertz CT molecular complexity index is 367. The number of halogens is 1. The minimum Gasteiger partial charge on any atom is -0.343 e. The van der Waals surface area contributed by atoms with E-state index < -0.39 is 0 Å². The Balaban J connectivity index is 2.23. The first-order valence-corrected chi connectivity index (χ1v) is 6.16. The zero-order valence-corrected chi connectivity index (χ0v) is 10.5. The number of hydrogen-bond acceptors (Lipinski definition) is 1. The van der Waals surface area contributed by atoms with Gasteiger partial charge in [-0.1, -0.05) is 0 Å². The van der Waals surface area contributed by atoms with Gasteiger partial charge in [-0.05, 0) is 41.8 Å². The first-order valence-electron chi connectivity index (χ1n) is 5.37. The lowest BCUT2D eigenvalue weighted by molar-refractivity contribution is 0.0782. The average molecular weight is 271 g/mol. The topological polar surface area (TPSA) is 25.2 Å². The average Bonchev–Trinajstić information content (AvgIpc) is 2.84. The number of aromatic nitrogens is 1. The van der Waals surface area contributed by atoms with Crippen molar-refractivity contribution in [2.75, 3.05) is 13.1 Å². The van der Waals surface area contributed by atoms with E-state index in [-0.39, 0.29) is 5.91 Å². The van der Waals surface area contributed by atoms with E-state index in [0.717, 1.165) is 42.6 Å². The van der Waals surface area contributed by atoms with E-state index in [2.05, 4.69) is 15.9 Å². The molecule has 4 heteroatoms. The largest absolute Gasteiger partial charge is 0.343 e. The van der Waals surface area contributed by atoms with Crippen molar-refractivity contribution in [3.63, 3.8) is 0 Å². The number of carbonyl (C=O) groups excluding carboxylic acids is 1. The summed E-state index contributed by atoms with van der Waals surface area (Å²) in [6.45, 7) is 4.70. The normalized spacial score (nSPS) is 16.0. The van der Waals surface area contributed by atoms with Crippen LogP contribution in [-0.2, 0) is 6.54 Å². The molecule has 0 spiro atoms. The second-order valence-corrected chi connectivity index (χ2v) is 4.74. The van der Waals surface area contributed by atoms with Gasteiger partial charge in [0.25, 0.3) is 5.91 Å². The van der Waals surface area contributed by atoms with Crippen molar-refractivity contribution in [2.45, 2.75) is 26.3 Å². The zero-order chi connectivity index (χ0) is 10.8. The summed E-state index contributed by atoms with van der Waals surface area (Å²) in [4.78, 5) is 14.1. The third kappa shape index (κ3) is 2.09. The van der Waals surface area contributed by atoms with Gasteiger partial charge in [-0.3, -0.25) is 4.79 Å². The van der Waals surface area contributed by atoms with Crippen molar-refractivity contribution in [2.24, 2.45) is 0 Å². The van der Waals surface area contributed by atoms with E-state index in [1.165, 1.54) is 0 Å². The fourth-order valence-corrected chi connectivity index (χ4v) is 2.46. The maximum absolute atomic E-state index is 12.1. The Labute approximate surface area is 98.2 Å². The smallest absolute Gasteiger partial charge is 0.270 e. The highest BCUT2D eigenvalue weighted by Gasteiger charge is 2.22. The number of rotatable bonds is 2. The molecule has 0 bridgehead atoms. The molecule has 0 saturated carbocycles. The van der Waals surface area contributed by atoms with E-state index >= 15 is 0 Å². The Hall–Kier alpha value is -0.770. The van der Waals surface area contributed by atoms with Crippen LogP contribution in [0.5, 0.6) is 0 Å². The summed E-state index contributed by atoms with van der Waals surface area (Å²) in [5, 5.41) is 0. The molecule has 1 aromatic rings. The minimum atomic E-state index is 0.167. The molecule has 82 valence electrons. The molecule has 1 amide bonds.